The van der Waals surface area contributed by atoms with Crippen LogP contribution in [0, 0.1) is 6.92 Å². The lowest BCUT2D eigenvalue weighted by Gasteiger charge is -2.30. The van der Waals surface area contributed by atoms with Crippen LogP contribution in [0.3, 0.4) is 0 Å². The summed E-state index contributed by atoms with van der Waals surface area (Å²) in [6, 6.07) is 13.8. The maximum Gasteiger partial charge on any atom is 0.107 e. The van der Waals surface area contributed by atoms with Gasteiger partial charge in [0.25, 0.3) is 0 Å². The fraction of sp³-hybridized carbons (Fsp3) is 0.375. The summed E-state index contributed by atoms with van der Waals surface area (Å²) < 4.78 is 11.5. The molecule has 0 fully saturated rings. The molecule has 4 nitrogen and oxygen atoms in total. The van der Waals surface area contributed by atoms with Gasteiger partial charge >= 0.3 is 0 Å². The summed E-state index contributed by atoms with van der Waals surface area (Å²) in [5.41, 5.74) is 5.38. The van der Waals surface area contributed by atoms with Gasteiger partial charge in [0.1, 0.15) is 6.10 Å². The van der Waals surface area contributed by atoms with Crippen LogP contribution in [0.25, 0.3) is 22.0 Å². The molecule has 1 unspecified atom stereocenters. The van der Waals surface area contributed by atoms with E-state index >= 15 is 0 Å². The van der Waals surface area contributed by atoms with Crippen molar-refractivity contribution >= 4 is 22.5 Å². The van der Waals surface area contributed by atoms with E-state index in [0.29, 0.717) is 11.6 Å². The lowest BCUT2D eigenvalue weighted by molar-refractivity contribution is -0.0821. The number of fused-ring (bicyclic) bond motifs is 1. The van der Waals surface area contributed by atoms with E-state index in [1.165, 1.54) is 0 Å². The third-order valence-electron chi connectivity index (χ3n) is 4.71. The lowest BCUT2D eigenvalue weighted by Crippen LogP contribution is -2.25. The third kappa shape index (κ3) is 4.96. The van der Waals surface area contributed by atoms with E-state index in [4.69, 9.17) is 26.1 Å². The first-order valence-electron chi connectivity index (χ1n) is 9.70. The number of pyridine rings is 1. The fourth-order valence-electron chi connectivity index (χ4n) is 3.65. The second-order valence-electron chi connectivity index (χ2n) is 8.19. The Kier molecular flexibility index (Phi) is 6.59. The Morgan fingerprint density at radius 3 is 2.38 bits per heavy atom. The number of aliphatic hydroxyl groups is 1. The van der Waals surface area contributed by atoms with Crippen LogP contribution in [0.1, 0.15) is 43.7 Å². The Morgan fingerprint density at radius 1 is 1.10 bits per heavy atom. The fourth-order valence-corrected chi connectivity index (χ4v) is 3.77. The molecule has 0 bridgehead atoms. The Bertz CT molecular complexity index is 994. The predicted octanol–water partition coefficient (Wildman–Crippen LogP) is 5.86. The molecule has 0 saturated carbocycles. The van der Waals surface area contributed by atoms with Crippen LogP contribution in [0.4, 0.5) is 0 Å². The first-order valence-corrected chi connectivity index (χ1v) is 10.1. The van der Waals surface area contributed by atoms with Crippen molar-refractivity contribution in [3.8, 4) is 11.1 Å². The molecule has 5 heteroatoms. The topological polar surface area (TPSA) is 51.6 Å². The molecule has 0 saturated heterocycles. The van der Waals surface area contributed by atoms with Crippen LogP contribution in [0.5, 0.6) is 0 Å². The number of aliphatic hydroxyl groups excluding tert-OH is 1. The zero-order valence-corrected chi connectivity index (χ0v) is 18.4. The molecule has 0 aliphatic heterocycles. The molecule has 1 atom stereocenters. The molecule has 3 aromatic rings. The van der Waals surface area contributed by atoms with Gasteiger partial charge in [-0.05, 0) is 74.2 Å². The monoisotopic (exact) mass is 413 g/mol. The van der Waals surface area contributed by atoms with Crippen molar-refractivity contribution in [2.45, 2.75) is 46.0 Å². The number of hydrogen-bond donors (Lipinski definition) is 1. The first kappa shape index (κ1) is 21.7. The Morgan fingerprint density at radius 2 is 1.79 bits per heavy atom. The Labute approximate surface area is 177 Å². The third-order valence-corrected chi connectivity index (χ3v) is 4.96. The van der Waals surface area contributed by atoms with E-state index in [1.54, 1.807) is 7.11 Å². The van der Waals surface area contributed by atoms with E-state index in [2.05, 4.69) is 12.1 Å². The van der Waals surface area contributed by atoms with Crippen molar-refractivity contribution in [2.24, 2.45) is 0 Å². The highest BCUT2D eigenvalue weighted by molar-refractivity contribution is 6.30. The number of hydrogen-bond acceptors (Lipinski definition) is 4. The second-order valence-corrected chi connectivity index (χ2v) is 8.63. The average Bonchev–Trinajstić information content (AvgIpc) is 2.65. The van der Waals surface area contributed by atoms with Crippen LogP contribution in [-0.4, -0.2) is 29.4 Å². The van der Waals surface area contributed by atoms with Gasteiger partial charge in [-0.2, -0.15) is 0 Å². The molecule has 29 heavy (non-hydrogen) atoms. The van der Waals surface area contributed by atoms with Gasteiger partial charge in [-0.3, -0.25) is 4.98 Å². The molecule has 3 rings (SSSR count). The van der Waals surface area contributed by atoms with E-state index in [0.717, 1.165) is 38.9 Å². The van der Waals surface area contributed by atoms with E-state index in [1.807, 2.05) is 58.0 Å². The zero-order valence-electron chi connectivity index (χ0n) is 17.6. The molecule has 0 aliphatic carbocycles. The normalized spacial score (nSPS) is 13.1. The number of nitrogens with zero attached hydrogens (tertiary/aromatic N) is 1. The molecule has 1 heterocycles. The molecule has 0 aliphatic rings. The van der Waals surface area contributed by atoms with E-state index < -0.39 is 11.7 Å². The number of methoxy groups -OCH3 is 1. The summed E-state index contributed by atoms with van der Waals surface area (Å²) in [5.74, 6) is 0. The predicted molar refractivity (Wildman–Crippen MR) is 118 cm³/mol. The highest BCUT2D eigenvalue weighted by atomic mass is 35.5. The van der Waals surface area contributed by atoms with Crippen LogP contribution < -0.4 is 0 Å². The summed E-state index contributed by atoms with van der Waals surface area (Å²) in [6.07, 6.45) is -0.455. The standard InChI is InChI=1S/C24H28ClNO3/c1-15-12-20-19(11-10-18(26-20)14-28-5)23(16-6-8-17(25)9-7-16)22(15)21(13-27)29-24(2,3)4/h6-12,21,27H,13-14H2,1-5H3. The molecule has 2 aromatic carbocycles. The number of aryl methyl sites for hydroxylation is 1. The van der Waals surface area contributed by atoms with Crippen LogP contribution in [0.2, 0.25) is 5.02 Å². The van der Waals surface area contributed by atoms with Crippen molar-refractivity contribution in [3.05, 3.63) is 64.3 Å². The van der Waals surface area contributed by atoms with Gasteiger partial charge in [0.05, 0.1) is 30.0 Å². The van der Waals surface area contributed by atoms with Gasteiger partial charge in [0, 0.05) is 17.5 Å². The molecule has 1 aromatic heterocycles. The first-order chi connectivity index (χ1) is 13.7. The van der Waals surface area contributed by atoms with Crippen LogP contribution >= 0.6 is 11.6 Å². The van der Waals surface area contributed by atoms with Gasteiger partial charge in [0.15, 0.2) is 0 Å². The molecule has 0 spiro atoms. The minimum Gasteiger partial charge on any atom is -0.393 e. The summed E-state index contributed by atoms with van der Waals surface area (Å²) in [5, 5.41) is 11.9. The Balaban J connectivity index is 2.31. The molecule has 154 valence electrons. The number of ether oxygens (including phenoxy) is 2. The average molecular weight is 414 g/mol. The van der Waals surface area contributed by atoms with Crippen molar-refractivity contribution in [2.75, 3.05) is 13.7 Å². The van der Waals surface area contributed by atoms with E-state index in [-0.39, 0.29) is 6.61 Å². The highest BCUT2D eigenvalue weighted by Crippen LogP contribution is 2.40. The number of halogens is 1. The van der Waals surface area contributed by atoms with Gasteiger partial charge in [-0.1, -0.05) is 29.8 Å². The summed E-state index contributed by atoms with van der Waals surface area (Å²) in [7, 11) is 1.66. The number of benzene rings is 2. The maximum atomic E-state index is 10.2. The minimum absolute atomic E-state index is 0.112. The molecule has 0 radical (unpaired) electrons. The maximum absolute atomic E-state index is 10.2. The minimum atomic E-state index is -0.455. The van der Waals surface area contributed by atoms with Gasteiger partial charge < -0.3 is 14.6 Å². The molecular formula is C24H28ClNO3. The van der Waals surface area contributed by atoms with Gasteiger partial charge in [0.2, 0.25) is 0 Å². The zero-order chi connectivity index (χ0) is 21.2. The molecule has 1 N–H and O–H groups in total. The summed E-state index contributed by atoms with van der Waals surface area (Å²) in [6.45, 7) is 8.36. The van der Waals surface area contributed by atoms with Crippen LogP contribution in [0.15, 0.2) is 42.5 Å². The summed E-state index contributed by atoms with van der Waals surface area (Å²) >= 11 is 6.13. The molecular weight excluding hydrogens is 386 g/mol. The largest absolute Gasteiger partial charge is 0.393 e. The Hall–Kier alpha value is -1.98. The SMILES string of the molecule is COCc1ccc2c(-c3ccc(Cl)cc3)c(C(CO)OC(C)(C)C)c(C)cc2n1. The highest BCUT2D eigenvalue weighted by Gasteiger charge is 2.26. The quantitative estimate of drug-likeness (QED) is 0.550. The van der Waals surface area contributed by atoms with Crippen LogP contribution in [-0.2, 0) is 16.1 Å². The lowest BCUT2D eigenvalue weighted by atomic mass is 9.88. The second kappa shape index (κ2) is 8.80. The molecule has 0 amide bonds. The van der Waals surface area contributed by atoms with E-state index in [9.17, 15) is 5.11 Å². The van der Waals surface area contributed by atoms with Crippen molar-refractivity contribution in [3.63, 3.8) is 0 Å². The van der Waals surface area contributed by atoms with Crippen molar-refractivity contribution in [1.29, 1.82) is 0 Å². The smallest absolute Gasteiger partial charge is 0.107 e. The number of rotatable bonds is 6. The summed E-state index contributed by atoms with van der Waals surface area (Å²) in [4.78, 5) is 4.78. The van der Waals surface area contributed by atoms with Crippen molar-refractivity contribution in [1.82, 2.24) is 4.98 Å². The van der Waals surface area contributed by atoms with Gasteiger partial charge in [-0.15, -0.1) is 0 Å². The van der Waals surface area contributed by atoms with Gasteiger partial charge in [-0.25, -0.2) is 0 Å². The number of aromatic nitrogens is 1. The van der Waals surface area contributed by atoms with Crippen molar-refractivity contribution < 1.29 is 14.6 Å².